The minimum absolute atomic E-state index is 0.0877. The van der Waals surface area contributed by atoms with Crippen LogP contribution in [0.1, 0.15) is 24.3 Å². The number of anilines is 3. The number of hydrogen-bond acceptors (Lipinski definition) is 7. The summed E-state index contributed by atoms with van der Waals surface area (Å²) in [5.74, 6) is -6.32. The molecule has 3 aromatic carbocycles. The van der Waals surface area contributed by atoms with Crippen molar-refractivity contribution in [1.82, 2.24) is 0 Å². The molecule has 3 aromatic rings. The molecule has 3 heterocycles. The molecule has 0 aromatic heterocycles. The van der Waals surface area contributed by atoms with E-state index in [1.807, 2.05) is 18.2 Å². The van der Waals surface area contributed by atoms with E-state index in [-0.39, 0.29) is 30.2 Å². The lowest BCUT2D eigenvalue weighted by Crippen LogP contribution is -2.60. The molecule has 48 heavy (non-hydrogen) atoms. The van der Waals surface area contributed by atoms with Crippen molar-refractivity contribution in [2.24, 2.45) is 17.8 Å². The Morgan fingerprint density at radius 3 is 2.12 bits per heavy atom. The molecule has 0 spiro atoms. The van der Waals surface area contributed by atoms with E-state index in [9.17, 15) is 28.7 Å². The fourth-order valence-corrected chi connectivity index (χ4v) is 9.30. The summed E-state index contributed by atoms with van der Waals surface area (Å²) in [6.45, 7) is 2.72. The van der Waals surface area contributed by atoms with E-state index in [0.29, 0.717) is 30.0 Å². The van der Waals surface area contributed by atoms with Gasteiger partial charge < -0.3 is 14.7 Å². The van der Waals surface area contributed by atoms with Crippen LogP contribution in [-0.2, 0) is 23.9 Å². The number of carbonyl (C=O) groups excluding carboxylic acids is 4. The molecule has 4 fully saturated rings. The number of aromatic hydroxyl groups is 1. The number of nitrogens with zero attached hydrogens (tertiary/aromatic N) is 3. The predicted octanol–water partition coefficient (Wildman–Crippen LogP) is 5.14. The molecule has 0 radical (unpaired) electrons. The van der Waals surface area contributed by atoms with E-state index < -0.39 is 57.0 Å². The van der Waals surface area contributed by atoms with Gasteiger partial charge in [-0.15, -0.1) is 23.2 Å². The smallest absolute Gasteiger partial charge is 0.258 e. The van der Waals surface area contributed by atoms with Crippen molar-refractivity contribution < 1.29 is 33.4 Å². The molecular weight excluding hydrogens is 660 g/mol. The number of morpholine rings is 1. The molecular formula is C36H30Cl2FN3O6. The largest absolute Gasteiger partial charge is 0.508 e. The lowest BCUT2D eigenvalue weighted by Gasteiger charge is -2.50. The second-order valence-electron chi connectivity index (χ2n) is 13.0. The van der Waals surface area contributed by atoms with Gasteiger partial charge in [0.25, 0.3) is 11.8 Å². The molecule has 246 valence electrons. The van der Waals surface area contributed by atoms with Gasteiger partial charge in [0, 0.05) is 24.7 Å². The number of allylic oxidation sites excluding steroid dienone is 2. The number of hydrogen-bond donors (Lipinski definition) is 1. The second kappa shape index (κ2) is 11.1. The van der Waals surface area contributed by atoms with Crippen LogP contribution in [0.5, 0.6) is 5.75 Å². The highest BCUT2D eigenvalue weighted by molar-refractivity contribution is 6.58. The maximum absolute atomic E-state index is 14.4. The fraction of sp³-hybridized carbons (Fsp3) is 0.333. The summed E-state index contributed by atoms with van der Waals surface area (Å²) in [4.78, 5) is 57.2. The SMILES string of the molecule is O=C1[C@H]2[C@H](CC=C3[C@H]2C[C@@]2(Cl)C(=O)N(c4ccc(F)cc4)C(=O)[C@@]2(Cl)[C@H]3c2cccc(O)c2)C(=O)N1c1ccc(N2CCOCC2)cc1. The third-order valence-electron chi connectivity index (χ3n) is 10.6. The zero-order chi connectivity index (χ0) is 33.5. The average Bonchev–Trinajstić information content (AvgIpc) is 3.43. The van der Waals surface area contributed by atoms with Crippen LogP contribution in [0.2, 0.25) is 0 Å². The number of rotatable bonds is 4. The summed E-state index contributed by atoms with van der Waals surface area (Å²) >= 11 is 14.7. The van der Waals surface area contributed by atoms with Crippen LogP contribution in [0.4, 0.5) is 21.5 Å². The second-order valence-corrected chi connectivity index (χ2v) is 14.2. The Labute approximate surface area is 285 Å². The lowest BCUT2D eigenvalue weighted by atomic mass is 9.56. The number of benzene rings is 3. The van der Waals surface area contributed by atoms with Gasteiger partial charge in [0.1, 0.15) is 11.6 Å². The van der Waals surface area contributed by atoms with E-state index >= 15 is 0 Å². The Hall–Kier alpha value is -4.25. The molecule has 2 aliphatic carbocycles. The van der Waals surface area contributed by atoms with E-state index in [1.54, 1.807) is 24.3 Å². The van der Waals surface area contributed by atoms with Crippen molar-refractivity contribution in [3.63, 3.8) is 0 Å². The third-order valence-corrected chi connectivity index (χ3v) is 12.0. The zero-order valence-electron chi connectivity index (χ0n) is 25.5. The number of phenolic OH excluding ortho intramolecular Hbond substituents is 1. The summed E-state index contributed by atoms with van der Waals surface area (Å²) in [5.41, 5.74) is 2.55. The van der Waals surface area contributed by atoms with Crippen molar-refractivity contribution in [3.05, 3.63) is 95.8 Å². The molecule has 0 unspecified atom stereocenters. The van der Waals surface area contributed by atoms with Crippen molar-refractivity contribution in [2.45, 2.75) is 28.5 Å². The van der Waals surface area contributed by atoms with Crippen molar-refractivity contribution in [3.8, 4) is 5.75 Å². The Balaban J connectivity index is 1.20. The molecule has 6 atom stereocenters. The monoisotopic (exact) mass is 689 g/mol. The number of carbonyl (C=O) groups is 4. The normalized spacial score (nSPS) is 31.5. The van der Waals surface area contributed by atoms with Crippen molar-refractivity contribution >= 4 is 63.9 Å². The maximum Gasteiger partial charge on any atom is 0.258 e. The van der Waals surface area contributed by atoms with Crippen LogP contribution < -0.4 is 14.7 Å². The number of fused-ring (bicyclic) bond motifs is 4. The maximum atomic E-state index is 14.4. The van der Waals surface area contributed by atoms with E-state index in [2.05, 4.69) is 4.90 Å². The molecule has 1 saturated carbocycles. The quantitative estimate of drug-likeness (QED) is 0.230. The van der Waals surface area contributed by atoms with E-state index in [1.165, 1.54) is 29.2 Å². The summed E-state index contributed by atoms with van der Waals surface area (Å²) in [5, 5.41) is 10.5. The molecule has 1 N–H and O–H groups in total. The Morgan fingerprint density at radius 1 is 0.792 bits per heavy atom. The number of alkyl halides is 2. The van der Waals surface area contributed by atoms with Gasteiger partial charge in [-0.1, -0.05) is 23.8 Å². The average molecular weight is 691 g/mol. The van der Waals surface area contributed by atoms with Crippen LogP contribution in [0.3, 0.4) is 0 Å². The molecule has 5 aliphatic rings. The van der Waals surface area contributed by atoms with E-state index in [4.69, 9.17) is 27.9 Å². The molecule has 9 nitrogen and oxygen atoms in total. The van der Waals surface area contributed by atoms with E-state index in [0.717, 1.165) is 35.8 Å². The van der Waals surface area contributed by atoms with Gasteiger partial charge in [0.2, 0.25) is 11.8 Å². The minimum atomic E-state index is -2.07. The first kappa shape index (κ1) is 31.0. The first-order chi connectivity index (χ1) is 23.0. The van der Waals surface area contributed by atoms with Crippen molar-refractivity contribution in [2.75, 3.05) is 41.0 Å². The highest BCUT2D eigenvalue weighted by Crippen LogP contribution is 2.66. The minimum Gasteiger partial charge on any atom is -0.508 e. The van der Waals surface area contributed by atoms with Gasteiger partial charge >= 0.3 is 0 Å². The van der Waals surface area contributed by atoms with Gasteiger partial charge in [-0.25, -0.2) is 9.29 Å². The van der Waals surface area contributed by atoms with Crippen molar-refractivity contribution in [1.29, 1.82) is 0 Å². The van der Waals surface area contributed by atoms with Gasteiger partial charge in [0.15, 0.2) is 9.75 Å². The van der Waals surface area contributed by atoms with Crippen LogP contribution in [0.25, 0.3) is 0 Å². The molecule has 3 saturated heterocycles. The summed E-state index contributed by atoms with van der Waals surface area (Å²) in [7, 11) is 0. The molecule has 3 aliphatic heterocycles. The van der Waals surface area contributed by atoms with Gasteiger partial charge in [-0.3, -0.25) is 24.1 Å². The number of halogens is 3. The summed E-state index contributed by atoms with van der Waals surface area (Å²) in [6.07, 6.45) is 1.87. The number of imide groups is 2. The lowest BCUT2D eigenvalue weighted by molar-refractivity contribution is -0.125. The van der Waals surface area contributed by atoms with Crippen LogP contribution in [0.15, 0.2) is 84.4 Å². The topological polar surface area (TPSA) is 107 Å². The van der Waals surface area contributed by atoms with Gasteiger partial charge in [0.05, 0.1) is 36.4 Å². The predicted molar refractivity (Wildman–Crippen MR) is 177 cm³/mol. The van der Waals surface area contributed by atoms with Crippen LogP contribution in [0, 0.1) is 23.6 Å². The van der Waals surface area contributed by atoms with Crippen LogP contribution >= 0.6 is 23.2 Å². The third kappa shape index (κ3) is 4.32. The standard InChI is InChI=1S/C36H30Cl2FN3O6/c37-35-19-28-26(12-13-27-29(28)32(45)41(31(27)44)23-10-8-22(9-11-23)40-14-16-48-17-15-40)30(20-2-1-3-25(43)18-20)36(35,38)34(47)42(33(35)46)24-6-4-21(39)5-7-24/h1-12,18,27-30,43H,13-17,19H2/t27-,28+,29-,30-,35+,36-/m0/s1. The Bertz CT molecular complexity index is 1900. The number of ether oxygens (including phenoxy) is 1. The van der Waals surface area contributed by atoms with Gasteiger partial charge in [-0.05, 0) is 85.0 Å². The fourth-order valence-electron chi connectivity index (χ4n) is 8.37. The molecule has 12 heteroatoms. The van der Waals surface area contributed by atoms with Gasteiger partial charge in [-0.2, -0.15) is 0 Å². The number of phenols is 1. The molecule has 4 amide bonds. The highest BCUT2D eigenvalue weighted by atomic mass is 35.5. The summed E-state index contributed by atoms with van der Waals surface area (Å²) < 4.78 is 19.3. The Kier molecular flexibility index (Phi) is 7.21. The number of amides is 4. The molecule has 0 bridgehead atoms. The Morgan fingerprint density at radius 2 is 1.44 bits per heavy atom. The zero-order valence-corrected chi connectivity index (χ0v) is 27.0. The van der Waals surface area contributed by atoms with Crippen LogP contribution in [-0.4, -0.2) is 64.8 Å². The highest BCUT2D eigenvalue weighted by Gasteiger charge is 2.76. The first-order valence-corrected chi connectivity index (χ1v) is 16.6. The first-order valence-electron chi connectivity index (χ1n) is 15.9. The summed E-state index contributed by atoms with van der Waals surface area (Å²) in [6, 6.07) is 18.4. The molecule has 8 rings (SSSR count).